The van der Waals surface area contributed by atoms with Crippen LogP contribution in [0.1, 0.15) is 18.1 Å². The minimum atomic E-state index is -0.498. The summed E-state index contributed by atoms with van der Waals surface area (Å²) in [6.07, 6.45) is 1.67. The first-order valence-corrected chi connectivity index (χ1v) is 8.73. The Bertz CT molecular complexity index is 861. The summed E-state index contributed by atoms with van der Waals surface area (Å²) in [5.41, 5.74) is 1.64. The molecule has 3 rings (SSSR count). The lowest BCUT2D eigenvalue weighted by atomic mass is 10.2. The highest BCUT2D eigenvalue weighted by atomic mass is 127. The van der Waals surface area contributed by atoms with Crippen LogP contribution in [0.4, 0.5) is 0 Å². The molecule has 122 valence electrons. The van der Waals surface area contributed by atoms with Crippen molar-refractivity contribution >= 4 is 52.1 Å². The normalized spacial score (nSPS) is 15.4. The Hall–Kier alpha value is -1.86. The standard InChI is InChI=1S/C18H13ClINO3/c1-2-23-13-5-3-4-11(8-13)9-16-18(22)24-17(21-16)14-10-12(20)6-7-15(14)19/h3-10H,2H2,1H3/b16-9-. The molecule has 1 aliphatic heterocycles. The minimum absolute atomic E-state index is 0.218. The summed E-state index contributed by atoms with van der Waals surface area (Å²) in [7, 11) is 0. The maximum Gasteiger partial charge on any atom is 0.363 e. The number of nitrogens with zero attached hydrogens (tertiary/aromatic N) is 1. The smallest absolute Gasteiger partial charge is 0.363 e. The van der Waals surface area contributed by atoms with Crippen molar-refractivity contribution in [1.82, 2.24) is 0 Å². The lowest BCUT2D eigenvalue weighted by molar-refractivity contribution is -0.129. The fourth-order valence-corrected chi connectivity index (χ4v) is 2.89. The number of ether oxygens (including phenoxy) is 2. The molecule has 24 heavy (non-hydrogen) atoms. The average molecular weight is 454 g/mol. The summed E-state index contributed by atoms with van der Waals surface area (Å²) in [4.78, 5) is 16.4. The largest absolute Gasteiger partial charge is 0.494 e. The average Bonchev–Trinajstić information content (AvgIpc) is 2.91. The zero-order valence-electron chi connectivity index (χ0n) is 12.8. The molecule has 0 saturated carbocycles. The Kier molecular flexibility index (Phi) is 5.20. The van der Waals surface area contributed by atoms with Crippen molar-refractivity contribution < 1.29 is 14.3 Å². The molecule has 0 spiro atoms. The lowest BCUT2D eigenvalue weighted by Gasteiger charge is -2.03. The van der Waals surface area contributed by atoms with Crippen molar-refractivity contribution in [2.75, 3.05) is 6.61 Å². The number of esters is 1. The minimum Gasteiger partial charge on any atom is -0.494 e. The monoisotopic (exact) mass is 453 g/mol. The summed E-state index contributed by atoms with van der Waals surface area (Å²) < 4.78 is 11.7. The molecule has 0 aromatic heterocycles. The second-order valence-corrected chi connectivity index (χ2v) is 6.62. The first kappa shape index (κ1) is 17.0. The lowest BCUT2D eigenvalue weighted by Crippen LogP contribution is -2.06. The van der Waals surface area contributed by atoms with E-state index in [1.54, 1.807) is 12.1 Å². The Morgan fingerprint density at radius 3 is 2.92 bits per heavy atom. The van der Waals surface area contributed by atoms with Gasteiger partial charge < -0.3 is 9.47 Å². The zero-order chi connectivity index (χ0) is 17.1. The second kappa shape index (κ2) is 7.36. The summed E-state index contributed by atoms with van der Waals surface area (Å²) >= 11 is 8.34. The molecule has 1 aliphatic rings. The van der Waals surface area contributed by atoms with Gasteiger partial charge in [0.2, 0.25) is 5.90 Å². The van der Waals surface area contributed by atoms with Crippen LogP contribution in [-0.2, 0) is 9.53 Å². The van der Waals surface area contributed by atoms with Gasteiger partial charge in [-0.1, -0.05) is 23.7 Å². The number of carbonyl (C=O) groups is 1. The molecule has 0 saturated heterocycles. The quantitative estimate of drug-likeness (QED) is 0.383. The molecular weight excluding hydrogens is 441 g/mol. The zero-order valence-corrected chi connectivity index (χ0v) is 15.7. The summed E-state index contributed by atoms with van der Waals surface area (Å²) in [5.74, 6) is 0.459. The molecule has 0 N–H and O–H groups in total. The highest BCUT2D eigenvalue weighted by molar-refractivity contribution is 14.1. The molecular formula is C18H13ClINO3. The van der Waals surface area contributed by atoms with Crippen molar-refractivity contribution in [1.29, 1.82) is 0 Å². The van der Waals surface area contributed by atoms with Gasteiger partial charge in [0.1, 0.15) is 5.75 Å². The van der Waals surface area contributed by atoms with Gasteiger partial charge in [-0.15, -0.1) is 0 Å². The number of carbonyl (C=O) groups excluding carboxylic acids is 1. The second-order valence-electron chi connectivity index (χ2n) is 4.97. The number of benzene rings is 2. The summed E-state index contributed by atoms with van der Waals surface area (Å²) in [5, 5.41) is 0.488. The van der Waals surface area contributed by atoms with Crippen LogP contribution in [0.3, 0.4) is 0 Å². The van der Waals surface area contributed by atoms with Crippen molar-refractivity contribution in [3.8, 4) is 5.75 Å². The Morgan fingerprint density at radius 2 is 2.12 bits per heavy atom. The fourth-order valence-electron chi connectivity index (χ4n) is 2.20. The van der Waals surface area contributed by atoms with Crippen LogP contribution in [0.15, 0.2) is 53.2 Å². The third-order valence-corrected chi connectivity index (χ3v) is 4.25. The van der Waals surface area contributed by atoms with E-state index in [0.717, 1.165) is 14.9 Å². The maximum atomic E-state index is 12.1. The van der Waals surface area contributed by atoms with E-state index in [1.807, 2.05) is 43.3 Å². The first-order chi connectivity index (χ1) is 11.6. The molecule has 0 fully saturated rings. The maximum absolute atomic E-state index is 12.1. The molecule has 0 atom stereocenters. The van der Waals surface area contributed by atoms with Crippen LogP contribution in [0, 0.1) is 3.57 Å². The van der Waals surface area contributed by atoms with Crippen LogP contribution in [0.25, 0.3) is 6.08 Å². The molecule has 0 bridgehead atoms. The van der Waals surface area contributed by atoms with Gasteiger partial charge in [-0.05, 0) is 71.5 Å². The Labute approximate surface area is 158 Å². The third-order valence-electron chi connectivity index (χ3n) is 3.25. The highest BCUT2D eigenvalue weighted by Gasteiger charge is 2.25. The number of aliphatic imine (C=N–C) groups is 1. The summed E-state index contributed by atoms with van der Waals surface area (Å²) in [6.45, 7) is 2.50. The molecule has 0 radical (unpaired) electrons. The van der Waals surface area contributed by atoms with E-state index in [4.69, 9.17) is 21.1 Å². The van der Waals surface area contributed by atoms with Gasteiger partial charge in [-0.2, -0.15) is 0 Å². The number of halogens is 2. The van der Waals surface area contributed by atoms with Crippen molar-refractivity contribution in [2.45, 2.75) is 6.92 Å². The van der Waals surface area contributed by atoms with Crippen LogP contribution < -0.4 is 4.74 Å². The number of rotatable bonds is 4. The molecule has 4 nitrogen and oxygen atoms in total. The molecule has 2 aromatic carbocycles. The summed E-state index contributed by atoms with van der Waals surface area (Å²) in [6, 6.07) is 12.9. The molecule has 0 unspecified atom stereocenters. The van der Waals surface area contributed by atoms with E-state index < -0.39 is 5.97 Å². The first-order valence-electron chi connectivity index (χ1n) is 7.27. The van der Waals surface area contributed by atoms with Crippen LogP contribution in [0.2, 0.25) is 5.02 Å². The van der Waals surface area contributed by atoms with E-state index in [-0.39, 0.29) is 11.6 Å². The molecule has 2 aromatic rings. The van der Waals surface area contributed by atoms with Crippen LogP contribution in [-0.4, -0.2) is 18.5 Å². The van der Waals surface area contributed by atoms with Crippen LogP contribution >= 0.6 is 34.2 Å². The van der Waals surface area contributed by atoms with E-state index >= 15 is 0 Å². The number of hydrogen-bond donors (Lipinski definition) is 0. The highest BCUT2D eigenvalue weighted by Crippen LogP contribution is 2.26. The predicted octanol–water partition coefficient (Wildman–Crippen LogP) is 4.69. The van der Waals surface area contributed by atoms with Gasteiger partial charge >= 0.3 is 5.97 Å². The van der Waals surface area contributed by atoms with Crippen molar-refractivity contribution in [2.24, 2.45) is 4.99 Å². The van der Waals surface area contributed by atoms with Crippen molar-refractivity contribution in [3.63, 3.8) is 0 Å². The van der Waals surface area contributed by atoms with Gasteiger partial charge in [0.25, 0.3) is 0 Å². The van der Waals surface area contributed by atoms with E-state index in [1.165, 1.54) is 0 Å². The topological polar surface area (TPSA) is 47.9 Å². The van der Waals surface area contributed by atoms with E-state index in [2.05, 4.69) is 27.6 Å². The van der Waals surface area contributed by atoms with E-state index in [0.29, 0.717) is 17.2 Å². The molecule has 0 amide bonds. The van der Waals surface area contributed by atoms with Gasteiger partial charge in [0.15, 0.2) is 5.70 Å². The van der Waals surface area contributed by atoms with Gasteiger partial charge in [0, 0.05) is 3.57 Å². The van der Waals surface area contributed by atoms with Crippen molar-refractivity contribution in [3.05, 3.63) is 67.9 Å². The number of cyclic esters (lactones) is 1. The predicted molar refractivity (Wildman–Crippen MR) is 102 cm³/mol. The number of hydrogen-bond acceptors (Lipinski definition) is 4. The SMILES string of the molecule is CCOc1cccc(/C=C2\N=C(c3cc(I)ccc3Cl)OC2=O)c1. The van der Waals surface area contributed by atoms with Gasteiger partial charge in [-0.25, -0.2) is 9.79 Å². The third kappa shape index (κ3) is 3.79. The molecule has 1 heterocycles. The van der Waals surface area contributed by atoms with Gasteiger partial charge in [-0.3, -0.25) is 0 Å². The van der Waals surface area contributed by atoms with Crippen LogP contribution in [0.5, 0.6) is 5.75 Å². The Morgan fingerprint density at radius 1 is 1.29 bits per heavy atom. The molecule has 0 aliphatic carbocycles. The fraction of sp³-hybridized carbons (Fsp3) is 0.111. The molecule has 6 heteroatoms. The Balaban J connectivity index is 1.94. The van der Waals surface area contributed by atoms with E-state index in [9.17, 15) is 4.79 Å². The van der Waals surface area contributed by atoms with Gasteiger partial charge in [0.05, 0.1) is 17.2 Å².